The highest BCUT2D eigenvalue weighted by Crippen LogP contribution is 2.27. The van der Waals surface area contributed by atoms with Gasteiger partial charge in [-0.2, -0.15) is 0 Å². The van der Waals surface area contributed by atoms with E-state index >= 15 is 0 Å². The number of hydrogen-bond donors (Lipinski definition) is 3. The summed E-state index contributed by atoms with van der Waals surface area (Å²) in [5.41, 5.74) is 6.95. The van der Waals surface area contributed by atoms with Crippen LogP contribution >= 0.6 is 0 Å². The highest BCUT2D eigenvalue weighted by Gasteiger charge is 2.08. The fourth-order valence-corrected chi connectivity index (χ4v) is 1.40. The van der Waals surface area contributed by atoms with E-state index in [2.05, 4.69) is 0 Å². The molecule has 0 saturated carbocycles. The van der Waals surface area contributed by atoms with Crippen molar-refractivity contribution in [3.63, 3.8) is 0 Å². The quantitative estimate of drug-likeness (QED) is 0.685. The lowest BCUT2D eigenvalue weighted by Crippen LogP contribution is -2.26. The summed E-state index contributed by atoms with van der Waals surface area (Å²) >= 11 is 0. The molecule has 1 aromatic rings. The molecule has 0 aliphatic heterocycles. The number of hydrogen-bond acceptors (Lipinski definition) is 4. The summed E-state index contributed by atoms with van der Waals surface area (Å²) < 4.78 is 5.43. The lowest BCUT2D eigenvalue weighted by Gasteiger charge is -2.14. The van der Waals surface area contributed by atoms with Gasteiger partial charge in [-0.25, -0.2) is 0 Å². The molecule has 4 heteroatoms. The summed E-state index contributed by atoms with van der Waals surface area (Å²) in [7, 11) is 0. The number of aliphatic hydroxyl groups is 1. The molecular formula is C11H17NO3. The van der Waals surface area contributed by atoms with Crippen LogP contribution in [-0.2, 0) is 0 Å². The third kappa shape index (κ3) is 3.11. The summed E-state index contributed by atoms with van der Waals surface area (Å²) in [6.07, 6.45) is -0.655. The van der Waals surface area contributed by atoms with E-state index in [0.717, 1.165) is 11.1 Å². The van der Waals surface area contributed by atoms with Gasteiger partial charge in [0.1, 0.15) is 24.2 Å². The normalized spacial score (nSPS) is 12.5. The van der Waals surface area contributed by atoms with Gasteiger partial charge in [0, 0.05) is 6.54 Å². The molecule has 84 valence electrons. The van der Waals surface area contributed by atoms with Gasteiger partial charge in [0.25, 0.3) is 0 Å². The Hall–Kier alpha value is -1.26. The van der Waals surface area contributed by atoms with Crippen molar-refractivity contribution >= 4 is 0 Å². The van der Waals surface area contributed by atoms with Crippen LogP contribution in [0, 0.1) is 13.8 Å². The number of phenols is 1. The number of rotatable bonds is 4. The van der Waals surface area contributed by atoms with Gasteiger partial charge in [-0.3, -0.25) is 0 Å². The van der Waals surface area contributed by atoms with Gasteiger partial charge < -0.3 is 20.7 Å². The molecular weight excluding hydrogens is 194 g/mol. The van der Waals surface area contributed by atoms with E-state index in [9.17, 15) is 10.2 Å². The SMILES string of the molecule is Cc1cc(O)cc(C)c1OCC(O)CN. The van der Waals surface area contributed by atoms with Crippen LogP contribution in [0.4, 0.5) is 0 Å². The van der Waals surface area contributed by atoms with Crippen LogP contribution in [0.2, 0.25) is 0 Å². The average molecular weight is 211 g/mol. The number of aryl methyl sites for hydroxylation is 2. The molecule has 0 heterocycles. The molecule has 4 N–H and O–H groups in total. The summed E-state index contributed by atoms with van der Waals surface area (Å²) in [4.78, 5) is 0. The van der Waals surface area contributed by atoms with Crippen LogP contribution in [0.1, 0.15) is 11.1 Å². The van der Waals surface area contributed by atoms with Gasteiger partial charge in [-0.05, 0) is 37.1 Å². The zero-order valence-corrected chi connectivity index (χ0v) is 9.03. The van der Waals surface area contributed by atoms with E-state index in [4.69, 9.17) is 10.5 Å². The predicted molar refractivity (Wildman–Crippen MR) is 58.1 cm³/mol. The maximum absolute atomic E-state index is 9.32. The minimum Gasteiger partial charge on any atom is -0.508 e. The van der Waals surface area contributed by atoms with Crippen LogP contribution in [0.15, 0.2) is 12.1 Å². The molecule has 0 aliphatic rings. The summed E-state index contributed by atoms with van der Waals surface area (Å²) in [5.74, 6) is 0.914. The number of nitrogens with two attached hydrogens (primary N) is 1. The molecule has 0 saturated heterocycles. The van der Waals surface area contributed by atoms with Gasteiger partial charge in [-0.1, -0.05) is 0 Å². The first-order valence-corrected chi connectivity index (χ1v) is 4.85. The minimum absolute atomic E-state index is 0.170. The molecule has 0 spiro atoms. The topological polar surface area (TPSA) is 75.7 Å². The fourth-order valence-electron chi connectivity index (χ4n) is 1.40. The third-order valence-electron chi connectivity index (χ3n) is 2.14. The second kappa shape index (κ2) is 5.00. The molecule has 1 aromatic carbocycles. The van der Waals surface area contributed by atoms with E-state index in [1.807, 2.05) is 13.8 Å². The van der Waals surface area contributed by atoms with Crippen molar-refractivity contribution < 1.29 is 14.9 Å². The Labute approximate surface area is 89.3 Å². The van der Waals surface area contributed by atoms with E-state index in [-0.39, 0.29) is 18.9 Å². The van der Waals surface area contributed by atoms with Crippen molar-refractivity contribution in [2.75, 3.05) is 13.2 Å². The first kappa shape index (κ1) is 11.8. The summed E-state index contributed by atoms with van der Waals surface area (Å²) in [5, 5.41) is 18.6. The van der Waals surface area contributed by atoms with Gasteiger partial charge in [-0.15, -0.1) is 0 Å². The largest absolute Gasteiger partial charge is 0.508 e. The molecule has 0 fully saturated rings. The molecule has 1 atom stereocenters. The summed E-state index contributed by atoms with van der Waals surface area (Å²) in [6, 6.07) is 3.24. The van der Waals surface area contributed by atoms with E-state index in [0.29, 0.717) is 5.75 Å². The summed E-state index contributed by atoms with van der Waals surface area (Å²) in [6.45, 7) is 4.03. The second-order valence-electron chi connectivity index (χ2n) is 3.61. The Balaban J connectivity index is 2.77. The number of aromatic hydroxyl groups is 1. The average Bonchev–Trinajstić information content (AvgIpc) is 2.15. The van der Waals surface area contributed by atoms with Crippen molar-refractivity contribution in [3.8, 4) is 11.5 Å². The number of phenolic OH excluding ortho intramolecular Hbond substituents is 1. The van der Waals surface area contributed by atoms with Crippen LogP contribution in [0.5, 0.6) is 11.5 Å². The van der Waals surface area contributed by atoms with Crippen LogP contribution in [0.3, 0.4) is 0 Å². The first-order valence-electron chi connectivity index (χ1n) is 4.85. The Morgan fingerprint density at radius 3 is 2.33 bits per heavy atom. The van der Waals surface area contributed by atoms with Gasteiger partial charge in [0.15, 0.2) is 0 Å². The van der Waals surface area contributed by atoms with Gasteiger partial charge in [0.2, 0.25) is 0 Å². The molecule has 0 bridgehead atoms. The van der Waals surface area contributed by atoms with E-state index in [1.165, 1.54) is 0 Å². The maximum atomic E-state index is 9.32. The second-order valence-corrected chi connectivity index (χ2v) is 3.61. The van der Waals surface area contributed by atoms with Crippen LogP contribution in [0.25, 0.3) is 0 Å². The third-order valence-corrected chi connectivity index (χ3v) is 2.14. The van der Waals surface area contributed by atoms with E-state index in [1.54, 1.807) is 12.1 Å². The molecule has 0 aromatic heterocycles. The number of benzene rings is 1. The van der Waals surface area contributed by atoms with Crippen molar-refractivity contribution in [1.82, 2.24) is 0 Å². The predicted octanol–water partition coefficient (Wildman–Crippen LogP) is 0.707. The Morgan fingerprint density at radius 1 is 1.33 bits per heavy atom. The molecule has 1 unspecified atom stereocenters. The zero-order chi connectivity index (χ0) is 11.4. The molecule has 15 heavy (non-hydrogen) atoms. The van der Waals surface area contributed by atoms with Crippen LogP contribution < -0.4 is 10.5 Å². The van der Waals surface area contributed by atoms with Gasteiger partial charge >= 0.3 is 0 Å². The highest BCUT2D eigenvalue weighted by molar-refractivity contribution is 5.45. The Bertz CT molecular complexity index is 316. The van der Waals surface area contributed by atoms with Gasteiger partial charge in [0.05, 0.1) is 0 Å². The van der Waals surface area contributed by atoms with Crippen molar-refractivity contribution in [2.45, 2.75) is 20.0 Å². The first-order chi connectivity index (χ1) is 7.04. The monoisotopic (exact) mass is 211 g/mol. The van der Waals surface area contributed by atoms with Crippen molar-refractivity contribution in [1.29, 1.82) is 0 Å². The van der Waals surface area contributed by atoms with Crippen molar-refractivity contribution in [3.05, 3.63) is 23.3 Å². The van der Waals surface area contributed by atoms with Crippen molar-refractivity contribution in [2.24, 2.45) is 5.73 Å². The number of aliphatic hydroxyl groups excluding tert-OH is 1. The molecule has 0 radical (unpaired) electrons. The standard InChI is InChI=1S/C11H17NO3/c1-7-3-9(13)4-8(2)11(7)15-6-10(14)5-12/h3-4,10,13-14H,5-6,12H2,1-2H3. The maximum Gasteiger partial charge on any atom is 0.125 e. The Kier molecular flexibility index (Phi) is 3.94. The van der Waals surface area contributed by atoms with E-state index < -0.39 is 6.10 Å². The molecule has 0 aliphatic carbocycles. The number of ether oxygens (including phenoxy) is 1. The molecule has 0 amide bonds. The zero-order valence-electron chi connectivity index (χ0n) is 9.03. The minimum atomic E-state index is -0.655. The van der Waals surface area contributed by atoms with Crippen LogP contribution in [-0.4, -0.2) is 29.5 Å². The lowest BCUT2D eigenvalue weighted by molar-refractivity contribution is 0.113. The molecule has 4 nitrogen and oxygen atoms in total. The fraction of sp³-hybridized carbons (Fsp3) is 0.455. The smallest absolute Gasteiger partial charge is 0.125 e. The highest BCUT2D eigenvalue weighted by atomic mass is 16.5. The Morgan fingerprint density at radius 2 is 1.87 bits per heavy atom. The molecule has 1 rings (SSSR count). The lowest BCUT2D eigenvalue weighted by atomic mass is 10.1.